The predicted molar refractivity (Wildman–Crippen MR) is 119 cm³/mol. The highest BCUT2D eigenvalue weighted by Crippen LogP contribution is 2.24. The number of para-hydroxylation sites is 1. The third-order valence-corrected chi connectivity index (χ3v) is 5.01. The van der Waals surface area contributed by atoms with Crippen LogP contribution < -0.4 is 15.6 Å². The van der Waals surface area contributed by atoms with Crippen molar-refractivity contribution in [2.24, 2.45) is 0 Å². The van der Waals surface area contributed by atoms with E-state index in [4.69, 9.17) is 0 Å². The van der Waals surface area contributed by atoms with Crippen molar-refractivity contribution >= 4 is 35.1 Å². The molecule has 0 saturated carbocycles. The van der Waals surface area contributed by atoms with Crippen molar-refractivity contribution in [2.45, 2.75) is 12.5 Å². The fourth-order valence-electron chi connectivity index (χ4n) is 3.39. The van der Waals surface area contributed by atoms with Gasteiger partial charge in [-0.05, 0) is 48.5 Å². The Kier molecular flexibility index (Phi) is 6.12. The molecule has 1 unspecified atom stereocenters. The fourth-order valence-corrected chi connectivity index (χ4v) is 3.39. The first kappa shape index (κ1) is 21.7. The molecular weight excluding hydrogens is 427 g/mol. The highest BCUT2D eigenvalue weighted by molar-refractivity contribution is 6.19. The van der Waals surface area contributed by atoms with Crippen LogP contribution in [0.15, 0.2) is 84.9 Å². The standard InChI is InChI=1S/C24H19FN4O4/c25-17-11-13-18(14-12-17)26-23(32)20-15-21(30)28(19-9-5-2-6-10-19)24(33)29(20)27-22(31)16-7-3-1-4-8-16/h1-14,20H,15H2,(H,26,32)(H,27,31). The van der Waals surface area contributed by atoms with E-state index >= 15 is 0 Å². The molecule has 1 heterocycles. The van der Waals surface area contributed by atoms with E-state index in [1.165, 1.54) is 24.3 Å². The van der Waals surface area contributed by atoms with Crippen LogP contribution in [-0.2, 0) is 9.59 Å². The average Bonchev–Trinajstić information content (AvgIpc) is 2.83. The maximum Gasteiger partial charge on any atom is 0.350 e. The maximum absolute atomic E-state index is 13.3. The van der Waals surface area contributed by atoms with Crippen LogP contribution in [0.3, 0.4) is 0 Å². The molecule has 1 atom stereocenters. The normalized spacial score (nSPS) is 15.8. The van der Waals surface area contributed by atoms with E-state index in [0.29, 0.717) is 5.69 Å². The first-order valence-electron chi connectivity index (χ1n) is 10.1. The minimum atomic E-state index is -1.32. The Morgan fingerprint density at radius 2 is 1.45 bits per heavy atom. The number of hydrogen-bond donors (Lipinski definition) is 2. The monoisotopic (exact) mass is 446 g/mol. The summed E-state index contributed by atoms with van der Waals surface area (Å²) in [6, 6.07) is 19.2. The number of nitrogens with one attached hydrogen (secondary N) is 2. The summed E-state index contributed by atoms with van der Waals surface area (Å²) < 4.78 is 13.2. The fraction of sp³-hybridized carbons (Fsp3) is 0.0833. The third-order valence-electron chi connectivity index (χ3n) is 5.01. The lowest BCUT2D eigenvalue weighted by molar-refractivity contribution is -0.128. The molecule has 0 radical (unpaired) electrons. The zero-order valence-corrected chi connectivity index (χ0v) is 17.3. The van der Waals surface area contributed by atoms with Crippen molar-refractivity contribution < 1.29 is 23.6 Å². The van der Waals surface area contributed by atoms with Crippen LogP contribution in [0.2, 0.25) is 0 Å². The number of carbonyl (C=O) groups is 4. The number of amides is 5. The van der Waals surface area contributed by atoms with E-state index in [1.54, 1.807) is 60.7 Å². The molecule has 9 heteroatoms. The van der Waals surface area contributed by atoms with Crippen molar-refractivity contribution in [3.05, 3.63) is 96.3 Å². The second-order valence-corrected chi connectivity index (χ2v) is 7.24. The smallest absolute Gasteiger partial charge is 0.324 e. The van der Waals surface area contributed by atoms with Crippen molar-refractivity contribution in [2.75, 3.05) is 10.2 Å². The molecule has 166 valence electrons. The van der Waals surface area contributed by atoms with E-state index in [1.807, 2.05) is 0 Å². The van der Waals surface area contributed by atoms with Gasteiger partial charge in [-0.3, -0.25) is 19.8 Å². The Morgan fingerprint density at radius 3 is 2.09 bits per heavy atom. The number of carbonyl (C=O) groups excluding carboxylic acids is 4. The molecule has 0 aliphatic carbocycles. The van der Waals surface area contributed by atoms with Crippen LogP contribution in [-0.4, -0.2) is 34.8 Å². The van der Waals surface area contributed by atoms with E-state index in [-0.39, 0.29) is 17.7 Å². The Labute approximate surface area is 188 Å². The van der Waals surface area contributed by atoms with Gasteiger partial charge in [-0.15, -0.1) is 0 Å². The second-order valence-electron chi connectivity index (χ2n) is 7.24. The number of anilines is 2. The van der Waals surface area contributed by atoms with E-state index in [9.17, 15) is 23.6 Å². The Morgan fingerprint density at radius 1 is 0.848 bits per heavy atom. The number of nitrogens with zero attached hydrogens (tertiary/aromatic N) is 2. The topological polar surface area (TPSA) is 98.8 Å². The highest BCUT2D eigenvalue weighted by atomic mass is 19.1. The van der Waals surface area contributed by atoms with Gasteiger partial charge in [0.2, 0.25) is 11.8 Å². The Hall–Kier alpha value is -4.53. The summed E-state index contributed by atoms with van der Waals surface area (Å²) in [7, 11) is 0. The minimum Gasteiger partial charge on any atom is -0.324 e. The molecule has 5 amide bonds. The van der Waals surface area contributed by atoms with Crippen LogP contribution in [0.5, 0.6) is 0 Å². The molecule has 0 aromatic heterocycles. The first-order valence-corrected chi connectivity index (χ1v) is 10.1. The lowest BCUT2D eigenvalue weighted by atomic mass is 10.1. The highest BCUT2D eigenvalue weighted by Gasteiger charge is 2.44. The largest absolute Gasteiger partial charge is 0.350 e. The quantitative estimate of drug-likeness (QED) is 0.628. The molecule has 1 aliphatic rings. The average molecular weight is 446 g/mol. The van der Waals surface area contributed by atoms with Gasteiger partial charge >= 0.3 is 6.03 Å². The number of hydrogen-bond acceptors (Lipinski definition) is 4. The summed E-state index contributed by atoms with van der Waals surface area (Å²) in [5, 5.41) is 3.41. The summed E-state index contributed by atoms with van der Waals surface area (Å²) in [6.07, 6.45) is -0.372. The predicted octanol–water partition coefficient (Wildman–Crippen LogP) is 3.34. The summed E-state index contributed by atoms with van der Waals surface area (Å²) in [4.78, 5) is 52.8. The first-order chi connectivity index (χ1) is 15.9. The van der Waals surface area contributed by atoms with Gasteiger partial charge in [-0.2, -0.15) is 0 Å². The maximum atomic E-state index is 13.3. The summed E-state index contributed by atoms with van der Waals surface area (Å²) in [5.74, 6) is -2.41. The molecule has 3 aromatic rings. The van der Waals surface area contributed by atoms with Gasteiger partial charge < -0.3 is 5.32 Å². The summed E-state index contributed by atoms with van der Waals surface area (Å²) in [5.41, 5.74) is 3.32. The SMILES string of the molecule is O=C(NN1C(=O)N(c2ccccc2)C(=O)CC1C(=O)Nc1ccc(F)cc1)c1ccccc1. The zero-order chi connectivity index (χ0) is 23.4. The number of hydrazine groups is 1. The van der Waals surface area contributed by atoms with Gasteiger partial charge in [0.15, 0.2) is 0 Å². The van der Waals surface area contributed by atoms with Crippen LogP contribution in [0.1, 0.15) is 16.8 Å². The van der Waals surface area contributed by atoms with Gasteiger partial charge in [0.25, 0.3) is 5.91 Å². The molecule has 4 rings (SSSR count). The van der Waals surface area contributed by atoms with E-state index < -0.39 is 35.6 Å². The molecule has 1 fully saturated rings. The number of halogens is 1. The second kappa shape index (κ2) is 9.31. The molecule has 33 heavy (non-hydrogen) atoms. The molecule has 0 spiro atoms. The lowest BCUT2D eigenvalue weighted by Gasteiger charge is -2.38. The van der Waals surface area contributed by atoms with Gasteiger partial charge in [-0.25, -0.2) is 19.1 Å². The van der Waals surface area contributed by atoms with Crippen LogP contribution >= 0.6 is 0 Å². The third kappa shape index (κ3) is 4.72. The van der Waals surface area contributed by atoms with Gasteiger partial charge in [0.1, 0.15) is 11.9 Å². The number of urea groups is 1. The Bertz CT molecular complexity index is 1190. The van der Waals surface area contributed by atoms with Crippen LogP contribution in [0.25, 0.3) is 0 Å². The molecule has 3 aromatic carbocycles. The number of imide groups is 1. The van der Waals surface area contributed by atoms with E-state index in [2.05, 4.69) is 10.7 Å². The molecule has 2 N–H and O–H groups in total. The summed E-state index contributed by atoms with van der Waals surface area (Å²) in [6.45, 7) is 0. The number of benzene rings is 3. The van der Waals surface area contributed by atoms with Crippen LogP contribution in [0.4, 0.5) is 20.6 Å². The lowest BCUT2D eigenvalue weighted by Crippen LogP contribution is -2.65. The van der Waals surface area contributed by atoms with Crippen molar-refractivity contribution in [1.82, 2.24) is 10.4 Å². The van der Waals surface area contributed by atoms with Gasteiger partial charge in [-0.1, -0.05) is 36.4 Å². The summed E-state index contributed by atoms with van der Waals surface area (Å²) >= 11 is 0. The van der Waals surface area contributed by atoms with E-state index in [0.717, 1.165) is 9.91 Å². The molecule has 1 aliphatic heterocycles. The van der Waals surface area contributed by atoms with Crippen LogP contribution in [0, 0.1) is 5.82 Å². The zero-order valence-electron chi connectivity index (χ0n) is 17.3. The van der Waals surface area contributed by atoms with Gasteiger partial charge in [0.05, 0.1) is 12.1 Å². The van der Waals surface area contributed by atoms with Crippen molar-refractivity contribution in [3.63, 3.8) is 0 Å². The number of rotatable bonds is 5. The molecule has 0 bridgehead atoms. The van der Waals surface area contributed by atoms with Crippen molar-refractivity contribution in [3.8, 4) is 0 Å². The Balaban J connectivity index is 1.64. The minimum absolute atomic E-state index is 0.270. The molecule has 8 nitrogen and oxygen atoms in total. The van der Waals surface area contributed by atoms with Gasteiger partial charge in [0, 0.05) is 11.3 Å². The van der Waals surface area contributed by atoms with Crippen molar-refractivity contribution in [1.29, 1.82) is 0 Å². The molecule has 1 saturated heterocycles. The molecular formula is C24H19FN4O4.